The van der Waals surface area contributed by atoms with Gasteiger partial charge >= 0.3 is 47.8 Å². The first-order chi connectivity index (χ1) is 30.8. The van der Waals surface area contributed by atoms with Crippen molar-refractivity contribution in [3.05, 3.63) is 60.2 Å². The lowest BCUT2D eigenvalue weighted by atomic mass is 9.93. The minimum absolute atomic E-state index is 0.105. The molecule has 0 bridgehead atoms. The Morgan fingerprint density at radius 1 is 0.615 bits per heavy atom. The van der Waals surface area contributed by atoms with Crippen LogP contribution in [-0.2, 0) is 71.5 Å². The number of esters is 7. The summed E-state index contributed by atoms with van der Waals surface area (Å²) >= 11 is 0. The average Bonchev–Trinajstić information content (AvgIpc) is 3.28. The molecule has 0 aliphatic carbocycles. The van der Waals surface area contributed by atoms with Crippen LogP contribution in [0.4, 0.5) is 4.79 Å². The van der Waals surface area contributed by atoms with Crippen LogP contribution in [0.2, 0.25) is 0 Å². The Morgan fingerprint density at radius 3 is 1.52 bits per heavy atom. The zero-order chi connectivity index (χ0) is 48.5. The number of amides is 4. The van der Waals surface area contributed by atoms with Crippen LogP contribution in [-0.4, -0.2) is 162 Å². The van der Waals surface area contributed by atoms with Gasteiger partial charge in [0.15, 0.2) is 0 Å². The summed E-state index contributed by atoms with van der Waals surface area (Å²) in [5, 5.41) is 32.1. The fourth-order valence-electron chi connectivity index (χ4n) is 5.47. The van der Waals surface area contributed by atoms with Crippen molar-refractivity contribution < 1.29 is 96.4 Å². The molecule has 4 unspecified atom stereocenters. The zero-order valence-electron chi connectivity index (χ0n) is 36.3. The lowest BCUT2D eigenvalue weighted by molar-refractivity contribution is -0.154. The van der Waals surface area contributed by atoms with Crippen molar-refractivity contribution in [1.29, 1.82) is 0 Å². The van der Waals surface area contributed by atoms with Crippen LogP contribution in [0.5, 0.6) is 0 Å². The summed E-state index contributed by atoms with van der Waals surface area (Å²) in [7, 11) is 0. The number of β-amino-alcohol motifs (C(OH)–C–C–N with tert-alkyl or cyclic N) is 2. The van der Waals surface area contributed by atoms with Gasteiger partial charge in [-0.1, -0.05) is 31.4 Å². The van der Waals surface area contributed by atoms with E-state index in [-0.39, 0.29) is 62.4 Å². The van der Waals surface area contributed by atoms with E-state index in [1.54, 1.807) is 18.2 Å². The van der Waals surface area contributed by atoms with Crippen molar-refractivity contribution in [3.8, 4) is 0 Å². The minimum atomic E-state index is -1.73. The highest BCUT2D eigenvalue weighted by Crippen LogP contribution is 2.24. The lowest BCUT2D eigenvalue weighted by Crippen LogP contribution is -2.56. The van der Waals surface area contributed by atoms with Crippen LogP contribution < -0.4 is 0 Å². The fraction of sp³-hybridized carbons (Fsp3) is 0.535. The standard InChI is InChI=1S/C43H56N2O20/c1-27(2)40(55)61-20-18-59-35(50)14-16-37(52)63-25-32(47)22-44-34(49)13-11-29(10-12-31(46)24-65-42(57)30-8-6-5-7-9-30)39(54)45(43(44)58)23-33(48)26-64-38(53)17-15-36(51)60-19-21-62-41(56)28(3)4/h5-9,29,31-33,46-48H,1,3,10-26H2,2,4H3. The maximum atomic E-state index is 13.9. The number of hydrogen-bond donors (Lipinski definition) is 3. The van der Waals surface area contributed by atoms with Gasteiger partial charge in [-0.2, -0.15) is 0 Å². The van der Waals surface area contributed by atoms with Crippen molar-refractivity contribution in [2.24, 2.45) is 5.92 Å². The van der Waals surface area contributed by atoms with Crippen LogP contribution in [0.1, 0.15) is 75.6 Å². The summed E-state index contributed by atoms with van der Waals surface area (Å²) in [5.41, 5.74) is 0.540. The molecule has 0 spiro atoms. The molecule has 65 heavy (non-hydrogen) atoms. The summed E-state index contributed by atoms with van der Waals surface area (Å²) in [6.45, 7) is 5.06. The molecule has 1 aliphatic rings. The number of imide groups is 2. The number of aliphatic hydroxyl groups excluding tert-OH is 3. The molecule has 358 valence electrons. The van der Waals surface area contributed by atoms with Crippen LogP contribution in [0.15, 0.2) is 54.6 Å². The summed E-state index contributed by atoms with van der Waals surface area (Å²) in [6, 6.07) is 6.69. The third-order valence-electron chi connectivity index (χ3n) is 8.93. The monoisotopic (exact) mass is 920 g/mol. The summed E-state index contributed by atoms with van der Waals surface area (Å²) in [4.78, 5) is 126. The number of hydrogen-bond acceptors (Lipinski definition) is 20. The molecule has 0 saturated carbocycles. The maximum Gasteiger partial charge on any atom is 0.338 e. The van der Waals surface area contributed by atoms with Gasteiger partial charge in [0.05, 0.1) is 50.4 Å². The molecule has 1 aliphatic heterocycles. The molecule has 4 atom stereocenters. The smallest absolute Gasteiger partial charge is 0.338 e. The van der Waals surface area contributed by atoms with E-state index < -0.39 is 149 Å². The number of carbonyl (C=O) groups excluding carboxylic acids is 10. The van der Waals surface area contributed by atoms with Gasteiger partial charge in [0.2, 0.25) is 11.8 Å². The highest BCUT2D eigenvalue weighted by Gasteiger charge is 2.39. The lowest BCUT2D eigenvalue weighted by Gasteiger charge is -2.35. The molecular formula is C43H56N2O20. The number of ether oxygens (including phenoxy) is 7. The predicted molar refractivity (Wildman–Crippen MR) is 219 cm³/mol. The number of nitrogens with zero attached hydrogens (tertiary/aromatic N) is 2. The number of carbonyl (C=O) groups is 10. The summed E-state index contributed by atoms with van der Waals surface area (Å²) in [6.07, 6.45) is -7.29. The first kappa shape index (κ1) is 54.6. The average molecular weight is 921 g/mol. The molecule has 1 fully saturated rings. The minimum Gasteiger partial charge on any atom is -0.463 e. The van der Waals surface area contributed by atoms with Crippen LogP contribution >= 0.6 is 0 Å². The van der Waals surface area contributed by atoms with Crippen LogP contribution in [0, 0.1) is 5.92 Å². The van der Waals surface area contributed by atoms with Gasteiger partial charge < -0.3 is 48.5 Å². The van der Waals surface area contributed by atoms with E-state index in [0.717, 1.165) is 0 Å². The topological polar surface area (TPSA) is 302 Å². The van der Waals surface area contributed by atoms with Gasteiger partial charge in [-0.15, -0.1) is 0 Å². The quantitative estimate of drug-likeness (QED) is 0.0454. The van der Waals surface area contributed by atoms with E-state index in [1.165, 1.54) is 26.0 Å². The molecule has 1 heterocycles. The maximum absolute atomic E-state index is 13.9. The molecule has 0 radical (unpaired) electrons. The molecule has 4 amide bonds. The number of benzene rings is 1. The van der Waals surface area contributed by atoms with Crippen molar-refractivity contribution >= 4 is 59.6 Å². The molecule has 3 N–H and O–H groups in total. The van der Waals surface area contributed by atoms with E-state index in [2.05, 4.69) is 13.2 Å². The number of urea groups is 1. The van der Waals surface area contributed by atoms with Crippen molar-refractivity contribution in [1.82, 2.24) is 9.80 Å². The Morgan fingerprint density at radius 2 is 1.05 bits per heavy atom. The number of aliphatic hydroxyl groups is 3. The Labute approximate surface area is 374 Å². The van der Waals surface area contributed by atoms with Gasteiger partial charge in [-0.05, 0) is 45.2 Å². The van der Waals surface area contributed by atoms with Crippen LogP contribution in [0.3, 0.4) is 0 Å². The van der Waals surface area contributed by atoms with E-state index >= 15 is 0 Å². The highest BCUT2D eigenvalue weighted by molar-refractivity contribution is 6.04. The van der Waals surface area contributed by atoms with E-state index in [9.17, 15) is 63.3 Å². The largest absolute Gasteiger partial charge is 0.463 e. The Balaban J connectivity index is 2.03. The third-order valence-corrected chi connectivity index (χ3v) is 8.93. The predicted octanol–water partition coefficient (Wildman–Crippen LogP) is 0.865. The first-order valence-electron chi connectivity index (χ1n) is 20.5. The zero-order valence-corrected chi connectivity index (χ0v) is 36.3. The second-order valence-corrected chi connectivity index (χ2v) is 14.6. The molecule has 1 aromatic carbocycles. The van der Waals surface area contributed by atoms with Crippen molar-refractivity contribution in [3.63, 3.8) is 0 Å². The molecule has 0 aromatic heterocycles. The van der Waals surface area contributed by atoms with E-state index in [0.29, 0.717) is 9.80 Å². The third kappa shape index (κ3) is 21.6. The molecule has 1 saturated heterocycles. The highest BCUT2D eigenvalue weighted by atomic mass is 16.6. The second kappa shape index (κ2) is 29.0. The van der Waals surface area contributed by atoms with Gasteiger partial charge in [0.1, 0.15) is 58.5 Å². The Bertz CT molecular complexity index is 1870. The van der Waals surface area contributed by atoms with E-state index in [4.69, 9.17) is 33.2 Å². The fourth-order valence-corrected chi connectivity index (χ4v) is 5.47. The molecule has 22 nitrogen and oxygen atoms in total. The van der Waals surface area contributed by atoms with Crippen molar-refractivity contribution in [2.75, 3.05) is 59.3 Å². The van der Waals surface area contributed by atoms with Gasteiger partial charge in [-0.3, -0.25) is 38.6 Å². The number of rotatable bonds is 28. The molecule has 1 aromatic rings. The molecule has 2 rings (SSSR count). The van der Waals surface area contributed by atoms with Gasteiger partial charge in [0.25, 0.3) is 0 Å². The first-order valence-corrected chi connectivity index (χ1v) is 20.5. The van der Waals surface area contributed by atoms with Gasteiger partial charge in [0, 0.05) is 23.5 Å². The Hall–Kier alpha value is -6.52. The molecule has 22 heteroatoms. The van der Waals surface area contributed by atoms with E-state index in [1.807, 2.05) is 0 Å². The summed E-state index contributed by atoms with van der Waals surface area (Å²) < 4.78 is 34.5. The van der Waals surface area contributed by atoms with Crippen molar-refractivity contribution in [2.45, 2.75) is 83.5 Å². The second-order valence-electron chi connectivity index (χ2n) is 14.6. The summed E-state index contributed by atoms with van der Waals surface area (Å²) in [5.74, 6) is -8.45. The molecular weight excluding hydrogens is 864 g/mol. The normalized spacial score (nSPS) is 15.3. The SMILES string of the molecule is C=C(C)C(=O)OCCOC(=O)CCC(=O)OCC(O)CN1C(=O)CCC(CCC(O)COC(=O)c2ccccc2)C(=O)N(CC(O)COC(=O)CCC(=O)OCCOC(=O)C(=C)C)C1=O. The van der Waals surface area contributed by atoms with Gasteiger partial charge in [-0.25, -0.2) is 19.2 Å². The Kier molecular flexibility index (Phi) is 24.4. The van der Waals surface area contributed by atoms with Crippen LogP contribution in [0.25, 0.3) is 0 Å².